The minimum atomic E-state index is -4.65. The highest BCUT2D eigenvalue weighted by molar-refractivity contribution is 7.86. The number of carbonyl (C=O) groups is 1. The summed E-state index contributed by atoms with van der Waals surface area (Å²) < 4.78 is 108. The zero-order valence-electron chi connectivity index (χ0n) is 45.9. The number of allylic oxidation sites excluding steroid dienone is 3. The molecule has 0 radical (unpaired) electrons. The van der Waals surface area contributed by atoms with E-state index >= 15 is 0 Å². The molecular formula is C55H69N9O15PS2+. The molecule has 440 valence electrons. The topological polar surface area (TPSA) is 344 Å². The molecule has 0 bridgehead atoms. The number of imidazole rings is 1. The van der Waals surface area contributed by atoms with Crippen molar-refractivity contribution in [1.82, 2.24) is 29.4 Å². The van der Waals surface area contributed by atoms with Gasteiger partial charge in [-0.25, -0.2) is 14.1 Å². The zero-order valence-corrected chi connectivity index (χ0v) is 48.4. The molecule has 4 aliphatic heterocycles. The van der Waals surface area contributed by atoms with Crippen LogP contribution in [0.4, 0.5) is 17.6 Å². The maximum absolute atomic E-state index is 13.4. The molecule has 9 N–H and O–H groups in total. The molecule has 4 aromatic rings. The van der Waals surface area contributed by atoms with Crippen LogP contribution in [0.2, 0.25) is 0 Å². The Balaban J connectivity index is 0.883. The fourth-order valence-corrected chi connectivity index (χ4v) is 13.1. The number of carbonyl (C=O) groups excluding carboxylic acids is 1. The predicted octanol–water partition coefficient (Wildman–Crippen LogP) is 6.12. The monoisotopic (exact) mass is 1190 g/mol. The van der Waals surface area contributed by atoms with Crippen LogP contribution in [0.1, 0.15) is 95.1 Å². The Hall–Kier alpha value is -6.58. The van der Waals surface area contributed by atoms with E-state index in [0.29, 0.717) is 67.2 Å². The van der Waals surface area contributed by atoms with Crippen molar-refractivity contribution in [2.75, 3.05) is 61.0 Å². The normalized spacial score (nSPS) is 22.3. The summed E-state index contributed by atoms with van der Waals surface area (Å²) >= 11 is 0. The van der Waals surface area contributed by atoms with Crippen molar-refractivity contribution in [2.24, 2.45) is 0 Å². The molecule has 2 fully saturated rings. The van der Waals surface area contributed by atoms with Crippen molar-refractivity contribution in [2.45, 2.75) is 114 Å². The number of nitrogen functional groups attached to an aromatic ring is 1. The lowest BCUT2D eigenvalue weighted by molar-refractivity contribution is -0.121. The van der Waals surface area contributed by atoms with Crippen molar-refractivity contribution in [3.05, 3.63) is 117 Å². The number of rotatable bonds is 23. The van der Waals surface area contributed by atoms with Crippen LogP contribution < -0.4 is 36.8 Å². The highest BCUT2D eigenvalue weighted by Crippen LogP contribution is 2.54. The number of amides is 1. The molecule has 1 aliphatic carbocycles. The largest absolute Gasteiger partial charge is 0.472 e. The molecule has 2 aromatic carbocycles. The van der Waals surface area contributed by atoms with E-state index in [0.717, 1.165) is 53.5 Å². The van der Waals surface area contributed by atoms with Crippen molar-refractivity contribution in [3.8, 4) is 22.6 Å². The minimum absolute atomic E-state index is 0.0103. The Kier molecular flexibility index (Phi) is 18.1. The number of phosphoric acid groups is 1. The summed E-state index contributed by atoms with van der Waals surface area (Å²) in [4.78, 5) is 48.8. The number of aromatic amines is 1. The van der Waals surface area contributed by atoms with Gasteiger partial charge >= 0.3 is 7.82 Å². The van der Waals surface area contributed by atoms with E-state index in [2.05, 4.69) is 50.1 Å². The summed E-state index contributed by atoms with van der Waals surface area (Å²) in [7, 11) is -13.4. The molecule has 9 rings (SSSR count). The fourth-order valence-electron chi connectivity index (χ4n) is 11.2. The van der Waals surface area contributed by atoms with Gasteiger partial charge in [0.05, 0.1) is 23.3 Å². The van der Waals surface area contributed by atoms with Crippen LogP contribution in [0, 0.1) is 6.92 Å². The van der Waals surface area contributed by atoms with Gasteiger partial charge in [0, 0.05) is 65.6 Å². The molecule has 2 unspecified atom stereocenters. The van der Waals surface area contributed by atoms with Gasteiger partial charge in [0.25, 0.3) is 25.8 Å². The minimum Gasteiger partial charge on any atom is -0.456 e. The van der Waals surface area contributed by atoms with Gasteiger partial charge in [-0.05, 0) is 101 Å². The van der Waals surface area contributed by atoms with Gasteiger partial charge < -0.3 is 40.4 Å². The SMILES string of the molecule is CC[N+](CC)=c1ccc2c(/C=C/C=C3\N(CCCS(=O)(=O)O)c4ccc(S(=O)(=O)O)cc4C3(C)CCCC(=O)NCCCCCCNc3nc4c(=O)[nH]c(N)nc4n3[C@@H]3O[C@@H]4COP(=O)(O)O[C@H]4[C@H]3O)c(C)c(-c3ccccc3)oc-2c1. The van der Waals surface area contributed by atoms with Gasteiger partial charge in [-0.1, -0.05) is 55.3 Å². The third kappa shape index (κ3) is 13.1. The number of hydrogen-bond donors (Lipinski definition) is 8. The molecule has 0 saturated carbocycles. The number of aromatic nitrogens is 4. The van der Waals surface area contributed by atoms with Crippen LogP contribution in [0.5, 0.6) is 0 Å². The third-order valence-corrected chi connectivity index (χ3v) is 17.9. The summed E-state index contributed by atoms with van der Waals surface area (Å²) in [6.45, 7) is 10.3. The van der Waals surface area contributed by atoms with Crippen LogP contribution >= 0.6 is 7.82 Å². The van der Waals surface area contributed by atoms with Gasteiger partial charge in [-0.15, -0.1) is 0 Å². The van der Waals surface area contributed by atoms with Gasteiger partial charge in [0.1, 0.15) is 42.9 Å². The van der Waals surface area contributed by atoms with Crippen molar-refractivity contribution < 1.29 is 63.5 Å². The van der Waals surface area contributed by atoms with E-state index < -0.39 is 69.3 Å². The van der Waals surface area contributed by atoms with Crippen LogP contribution in [0.15, 0.2) is 98.7 Å². The van der Waals surface area contributed by atoms with Crippen LogP contribution in [-0.4, -0.2) is 125 Å². The third-order valence-electron chi connectivity index (χ3n) is 15.3. The smallest absolute Gasteiger partial charge is 0.456 e. The number of aliphatic hydroxyl groups excluding tert-OH is 1. The highest BCUT2D eigenvalue weighted by Gasteiger charge is 2.53. The van der Waals surface area contributed by atoms with Crippen molar-refractivity contribution in [3.63, 3.8) is 0 Å². The first-order chi connectivity index (χ1) is 39.0. The molecule has 2 aromatic heterocycles. The molecule has 1 amide bonds. The summed E-state index contributed by atoms with van der Waals surface area (Å²) in [5, 5.41) is 18.4. The van der Waals surface area contributed by atoms with E-state index in [1.165, 1.54) is 16.7 Å². The summed E-state index contributed by atoms with van der Waals surface area (Å²) in [5.74, 6) is 0.595. The maximum Gasteiger partial charge on any atom is 0.472 e. The Morgan fingerprint density at radius 1 is 0.988 bits per heavy atom. The number of H-pyrrole nitrogens is 1. The molecule has 5 aliphatic rings. The number of nitrogens with two attached hydrogens (primary N) is 1. The Morgan fingerprint density at radius 2 is 1.73 bits per heavy atom. The van der Waals surface area contributed by atoms with E-state index in [1.54, 1.807) is 6.07 Å². The average Bonchev–Trinajstić information content (AvgIpc) is 3.32. The lowest BCUT2D eigenvalue weighted by atomic mass is 9.77. The second-order valence-electron chi connectivity index (χ2n) is 20.7. The van der Waals surface area contributed by atoms with Crippen molar-refractivity contribution in [1.29, 1.82) is 0 Å². The number of nitrogens with zero attached hydrogens (tertiary/aromatic N) is 5. The van der Waals surface area contributed by atoms with Gasteiger partial charge in [-0.2, -0.15) is 21.8 Å². The lowest BCUT2D eigenvalue weighted by Gasteiger charge is -2.30. The number of benzene rings is 3. The number of fused-ring (bicyclic) bond motifs is 4. The first kappa shape index (κ1) is 60.0. The summed E-state index contributed by atoms with van der Waals surface area (Å²) in [5.41, 5.74) is 9.57. The average molecular weight is 1190 g/mol. The molecule has 27 heteroatoms. The molecule has 0 spiro atoms. The summed E-state index contributed by atoms with van der Waals surface area (Å²) in [6, 6.07) is 20.3. The Morgan fingerprint density at radius 3 is 2.45 bits per heavy atom. The fraction of sp³-hybridized carbons (Fsp3) is 0.436. The van der Waals surface area contributed by atoms with Crippen molar-refractivity contribution >= 4 is 68.8 Å². The number of unbranched alkanes of at least 4 members (excludes halogenated alkanes) is 3. The van der Waals surface area contributed by atoms with Gasteiger partial charge in [-0.3, -0.25) is 37.3 Å². The zero-order chi connectivity index (χ0) is 58.7. The van der Waals surface area contributed by atoms with Crippen LogP contribution in [0.3, 0.4) is 0 Å². The Labute approximate surface area is 474 Å². The van der Waals surface area contributed by atoms with E-state index in [4.69, 9.17) is 23.9 Å². The highest BCUT2D eigenvalue weighted by atomic mass is 32.2. The van der Waals surface area contributed by atoms with E-state index in [9.17, 15) is 50.1 Å². The van der Waals surface area contributed by atoms with E-state index in [1.807, 2.05) is 79.4 Å². The number of hydrogen-bond acceptors (Lipinski definition) is 17. The number of anilines is 3. The van der Waals surface area contributed by atoms with E-state index in [-0.39, 0.29) is 59.9 Å². The number of nitrogens with one attached hydrogen (secondary N) is 3. The second kappa shape index (κ2) is 24.7. The predicted molar refractivity (Wildman–Crippen MR) is 308 cm³/mol. The van der Waals surface area contributed by atoms with Gasteiger partial charge in [0.2, 0.25) is 23.2 Å². The number of ether oxygens (including phenoxy) is 1. The standard InChI is InChI=1S/C55H68N9O15PS2/c1-5-62(6-2)36-22-24-39-38(34(3)48(77-42(39)31-36)35-17-10-9-11-18-35)19-14-20-44-55(4,40-32-37(82(73,74)75)23-25-41(40)63(44)29-16-30-81(70,71)72)26-15-21-45(65)57-27-12-7-8-13-28-58-54-59-46-50(60-53(56)61-51(46)67)64(54)52-47(66)49-43(78-52)33-76-80(68,69)79-49/h9-11,14,17-20,22-25,31-32,43,47,49,52,66H,5-8,12-13,15-16,21,26-30,33H2,1-4H3,(H7-,56,57,58,59,60,61,65,67,68,69,70,71,72,73,74,75)/p+1/t43-,47-,49-,52-,55?/m1/s1. The van der Waals surface area contributed by atoms with Crippen LogP contribution in [0.25, 0.3) is 39.9 Å². The molecule has 82 heavy (non-hydrogen) atoms. The molecule has 6 heterocycles. The maximum atomic E-state index is 13.4. The quantitative estimate of drug-likeness (QED) is 0.0155. The first-order valence-electron chi connectivity index (χ1n) is 27.2. The molecular weight excluding hydrogens is 1120 g/mol. The molecule has 24 nitrogen and oxygen atoms in total. The second-order valence-corrected chi connectivity index (χ2v) is 25.1. The van der Waals surface area contributed by atoms with Crippen LogP contribution in [-0.2, 0) is 48.8 Å². The summed E-state index contributed by atoms with van der Waals surface area (Å²) in [6.07, 6.45) is 4.58. The molecule has 6 atom stereocenters. The van der Waals surface area contributed by atoms with Gasteiger partial charge in [0.15, 0.2) is 17.4 Å². The first-order valence-corrected chi connectivity index (χ1v) is 31.8. The number of phosphoric ester groups is 1. The Bertz CT molecular complexity index is 3810. The number of aliphatic hydroxyl groups is 1. The lowest BCUT2D eigenvalue weighted by Crippen LogP contribution is -2.39. The molecule has 2 saturated heterocycles.